The molecule has 0 saturated heterocycles. The minimum atomic E-state index is -1.63. The van der Waals surface area contributed by atoms with Crippen molar-refractivity contribution < 1.29 is 9.30 Å². The third-order valence-electron chi connectivity index (χ3n) is 1.44. The molecular formula is C8H9ClO2P+. The summed E-state index contributed by atoms with van der Waals surface area (Å²) in [5, 5.41) is 0. The number of hydrogen-bond donors (Lipinski definition) is 0. The molecule has 1 unspecified atom stereocenters. The molecule has 1 atom stereocenters. The van der Waals surface area contributed by atoms with Gasteiger partial charge in [-0.3, -0.25) is 0 Å². The Kier molecular flexibility index (Phi) is 3.51. The molecule has 0 aliphatic carbocycles. The average molecular weight is 204 g/mol. The van der Waals surface area contributed by atoms with E-state index in [2.05, 4.69) is 0 Å². The van der Waals surface area contributed by atoms with E-state index in [1.54, 1.807) is 7.11 Å². The highest BCUT2D eigenvalue weighted by Gasteiger charge is 2.11. The lowest BCUT2D eigenvalue weighted by Gasteiger charge is -1.98. The van der Waals surface area contributed by atoms with Crippen molar-refractivity contribution in [3.05, 3.63) is 29.8 Å². The van der Waals surface area contributed by atoms with Crippen LogP contribution >= 0.6 is 18.4 Å². The summed E-state index contributed by atoms with van der Waals surface area (Å²) in [6.45, 7) is 0. The molecule has 0 bridgehead atoms. The van der Waals surface area contributed by atoms with Gasteiger partial charge >= 0.3 is 7.15 Å². The van der Waals surface area contributed by atoms with Gasteiger partial charge in [0.1, 0.15) is 5.75 Å². The van der Waals surface area contributed by atoms with Gasteiger partial charge in [-0.1, -0.05) is 16.7 Å². The fraction of sp³-hybridized carbons (Fsp3) is 0.250. The molecule has 2 nitrogen and oxygen atoms in total. The predicted molar refractivity (Wildman–Crippen MR) is 50.2 cm³/mol. The SMILES string of the molecule is COc1cccc(C[P+](=O)Cl)c1. The van der Waals surface area contributed by atoms with Crippen molar-refractivity contribution in [1.82, 2.24) is 0 Å². The Morgan fingerprint density at radius 2 is 2.33 bits per heavy atom. The minimum absolute atomic E-state index is 0.397. The maximum absolute atomic E-state index is 10.7. The van der Waals surface area contributed by atoms with Crippen molar-refractivity contribution in [3.8, 4) is 5.75 Å². The molecule has 1 aromatic carbocycles. The summed E-state index contributed by atoms with van der Waals surface area (Å²) in [4.78, 5) is 0. The molecule has 64 valence electrons. The highest BCUT2D eigenvalue weighted by molar-refractivity contribution is 7.73. The number of hydrogen-bond acceptors (Lipinski definition) is 2. The highest BCUT2D eigenvalue weighted by Crippen LogP contribution is 2.32. The normalized spacial score (nSPS) is 11.0. The maximum atomic E-state index is 10.7. The van der Waals surface area contributed by atoms with Gasteiger partial charge in [-0.05, 0) is 12.1 Å². The van der Waals surface area contributed by atoms with Crippen molar-refractivity contribution in [2.24, 2.45) is 0 Å². The van der Waals surface area contributed by atoms with Crippen molar-refractivity contribution in [2.45, 2.75) is 6.16 Å². The molecule has 0 saturated carbocycles. The minimum Gasteiger partial charge on any atom is -0.497 e. The largest absolute Gasteiger partial charge is 0.497 e. The maximum Gasteiger partial charge on any atom is 0.459 e. The van der Waals surface area contributed by atoms with E-state index in [-0.39, 0.29) is 0 Å². The smallest absolute Gasteiger partial charge is 0.459 e. The van der Waals surface area contributed by atoms with Crippen molar-refractivity contribution in [2.75, 3.05) is 7.11 Å². The van der Waals surface area contributed by atoms with E-state index in [9.17, 15) is 4.57 Å². The standard InChI is InChI=1S/C8H9ClO2P/c1-11-8-4-2-3-7(5-8)6-12(9)10/h2-5H,6H2,1H3/q+1. The summed E-state index contributed by atoms with van der Waals surface area (Å²) in [7, 11) is -0.0304. The van der Waals surface area contributed by atoms with Crippen LogP contribution in [0.4, 0.5) is 0 Å². The molecule has 1 aromatic rings. The molecule has 12 heavy (non-hydrogen) atoms. The Morgan fingerprint density at radius 3 is 2.92 bits per heavy atom. The second-order valence-electron chi connectivity index (χ2n) is 2.33. The van der Waals surface area contributed by atoms with Gasteiger partial charge in [-0.15, -0.1) is 0 Å². The summed E-state index contributed by atoms with van der Waals surface area (Å²) in [6.07, 6.45) is 0.397. The Balaban J connectivity index is 2.79. The topological polar surface area (TPSA) is 26.3 Å². The van der Waals surface area contributed by atoms with E-state index in [4.69, 9.17) is 16.0 Å². The molecular weight excluding hydrogens is 195 g/mol. The summed E-state index contributed by atoms with van der Waals surface area (Å²) in [5.74, 6) is 0.765. The molecule has 0 heterocycles. The van der Waals surface area contributed by atoms with Crippen LogP contribution in [0, 0.1) is 0 Å². The quantitative estimate of drug-likeness (QED) is 0.706. The molecule has 0 aromatic heterocycles. The van der Waals surface area contributed by atoms with Gasteiger partial charge in [0.25, 0.3) is 0 Å². The van der Waals surface area contributed by atoms with Crippen LogP contribution in [0.2, 0.25) is 0 Å². The molecule has 0 amide bonds. The van der Waals surface area contributed by atoms with Crippen LogP contribution in [0.25, 0.3) is 0 Å². The molecule has 0 radical (unpaired) electrons. The van der Waals surface area contributed by atoms with E-state index < -0.39 is 7.15 Å². The second-order valence-corrected chi connectivity index (χ2v) is 4.41. The molecule has 0 aliphatic rings. The van der Waals surface area contributed by atoms with Gasteiger partial charge in [-0.25, -0.2) is 0 Å². The van der Waals surface area contributed by atoms with Crippen molar-refractivity contribution in [1.29, 1.82) is 0 Å². The van der Waals surface area contributed by atoms with E-state index in [1.165, 1.54) is 0 Å². The number of benzene rings is 1. The first-order valence-corrected chi connectivity index (χ1v) is 5.80. The van der Waals surface area contributed by atoms with Gasteiger partial charge in [0.2, 0.25) is 11.2 Å². The number of ether oxygens (including phenoxy) is 1. The Hall–Kier alpha value is -0.590. The molecule has 0 N–H and O–H groups in total. The first kappa shape index (κ1) is 9.50. The third-order valence-corrected chi connectivity index (χ3v) is 2.41. The summed E-state index contributed by atoms with van der Waals surface area (Å²) in [5.41, 5.74) is 0.936. The van der Waals surface area contributed by atoms with Gasteiger partial charge in [0.05, 0.1) is 7.11 Å². The lowest BCUT2D eigenvalue weighted by Crippen LogP contribution is -1.84. The Labute approximate surface area is 77.1 Å². The van der Waals surface area contributed by atoms with Crippen LogP contribution in [0.1, 0.15) is 5.56 Å². The lowest BCUT2D eigenvalue weighted by atomic mass is 10.2. The van der Waals surface area contributed by atoms with E-state index >= 15 is 0 Å². The zero-order valence-corrected chi connectivity index (χ0v) is 8.31. The first-order valence-electron chi connectivity index (χ1n) is 3.46. The monoisotopic (exact) mass is 203 g/mol. The molecule has 0 fully saturated rings. The predicted octanol–water partition coefficient (Wildman–Crippen LogP) is 3.18. The van der Waals surface area contributed by atoms with Crippen LogP contribution in [0.3, 0.4) is 0 Å². The Bertz CT molecular complexity index is 288. The molecule has 4 heteroatoms. The van der Waals surface area contributed by atoms with Gasteiger partial charge in [0.15, 0.2) is 6.16 Å². The summed E-state index contributed by atoms with van der Waals surface area (Å²) >= 11 is 5.38. The number of halogens is 1. The third kappa shape index (κ3) is 2.80. The Morgan fingerprint density at radius 1 is 1.58 bits per heavy atom. The van der Waals surface area contributed by atoms with Crippen LogP contribution < -0.4 is 4.74 Å². The molecule has 0 aliphatic heterocycles. The zero-order valence-electron chi connectivity index (χ0n) is 6.66. The molecule has 0 spiro atoms. The zero-order chi connectivity index (χ0) is 8.97. The second kappa shape index (κ2) is 4.44. The fourth-order valence-electron chi connectivity index (χ4n) is 0.914. The van der Waals surface area contributed by atoms with E-state index in [0.29, 0.717) is 6.16 Å². The summed E-state index contributed by atoms with van der Waals surface area (Å²) in [6, 6.07) is 7.39. The number of rotatable bonds is 3. The summed E-state index contributed by atoms with van der Waals surface area (Å²) < 4.78 is 15.7. The lowest BCUT2D eigenvalue weighted by molar-refractivity contribution is 0.414. The van der Waals surface area contributed by atoms with Crippen molar-refractivity contribution >= 4 is 18.4 Å². The first-order chi connectivity index (χ1) is 5.72. The van der Waals surface area contributed by atoms with E-state index in [0.717, 1.165) is 11.3 Å². The van der Waals surface area contributed by atoms with Gasteiger partial charge < -0.3 is 4.74 Å². The van der Waals surface area contributed by atoms with Crippen LogP contribution in [-0.4, -0.2) is 7.11 Å². The van der Waals surface area contributed by atoms with Crippen LogP contribution in [-0.2, 0) is 10.7 Å². The van der Waals surface area contributed by atoms with E-state index in [1.807, 2.05) is 24.3 Å². The van der Waals surface area contributed by atoms with Gasteiger partial charge in [-0.2, -0.15) is 0 Å². The molecule has 1 rings (SSSR count). The van der Waals surface area contributed by atoms with Crippen LogP contribution in [0.5, 0.6) is 5.75 Å². The van der Waals surface area contributed by atoms with Crippen LogP contribution in [0.15, 0.2) is 24.3 Å². The fourth-order valence-corrected chi connectivity index (χ4v) is 1.81. The number of methoxy groups -OCH3 is 1. The highest BCUT2D eigenvalue weighted by atomic mass is 35.7. The van der Waals surface area contributed by atoms with Crippen molar-refractivity contribution in [3.63, 3.8) is 0 Å². The average Bonchev–Trinajstić information content (AvgIpc) is 2.03. The van der Waals surface area contributed by atoms with Gasteiger partial charge in [0, 0.05) is 5.56 Å².